The minimum absolute atomic E-state index is 0.205. The van der Waals surface area contributed by atoms with Crippen LogP contribution in [0.5, 0.6) is 0 Å². The maximum absolute atomic E-state index is 13.8. The van der Waals surface area contributed by atoms with Crippen molar-refractivity contribution in [3.05, 3.63) is 35.4 Å². The molecule has 1 fully saturated rings. The molecule has 1 aromatic carbocycles. The average molecular weight is 271 g/mol. The van der Waals surface area contributed by atoms with Gasteiger partial charge in [0.1, 0.15) is 11.6 Å². The highest BCUT2D eigenvalue weighted by Crippen LogP contribution is 2.35. The molecule has 1 N–H and O–H groups in total. The van der Waals surface area contributed by atoms with E-state index in [1.807, 2.05) is 0 Å². The van der Waals surface area contributed by atoms with Crippen LogP contribution in [0.4, 0.5) is 8.78 Å². The van der Waals surface area contributed by atoms with Gasteiger partial charge in [0.05, 0.1) is 12.7 Å². The van der Waals surface area contributed by atoms with Crippen molar-refractivity contribution in [2.75, 3.05) is 33.4 Å². The molecule has 2 unspecified atom stereocenters. The van der Waals surface area contributed by atoms with Gasteiger partial charge in [-0.2, -0.15) is 0 Å². The van der Waals surface area contributed by atoms with Crippen LogP contribution in [0.25, 0.3) is 0 Å². The van der Waals surface area contributed by atoms with Crippen LogP contribution in [-0.4, -0.2) is 33.4 Å². The summed E-state index contributed by atoms with van der Waals surface area (Å²) in [7, 11) is 1.65. The molecule has 5 heteroatoms. The fraction of sp³-hybridized carbons (Fsp3) is 0.571. The first-order chi connectivity index (χ1) is 9.22. The van der Waals surface area contributed by atoms with Gasteiger partial charge in [0, 0.05) is 44.4 Å². The maximum Gasteiger partial charge on any atom is 0.131 e. The Morgan fingerprint density at radius 2 is 2.26 bits per heavy atom. The number of nitrogens with one attached hydrogen (secondary N) is 1. The summed E-state index contributed by atoms with van der Waals surface area (Å²) < 4.78 is 37.2. The Hall–Kier alpha value is -1.04. The largest absolute Gasteiger partial charge is 0.383 e. The second kappa shape index (κ2) is 6.93. The van der Waals surface area contributed by atoms with Crippen molar-refractivity contribution >= 4 is 0 Å². The molecule has 2 rings (SSSR count). The SMILES string of the molecule is COCCNCC1CCOC1c1ccc(F)cc1F. The van der Waals surface area contributed by atoms with Gasteiger partial charge in [-0.25, -0.2) is 8.78 Å². The molecule has 1 saturated heterocycles. The zero-order chi connectivity index (χ0) is 13.7. The van der Waals surface area contributed by atoms with Crippen LogP contribution in [-0.2, 0) is 9.47 Å². The molecule has 1 aromatic rings. The van der Waals surface area contributed by atoms with Crippen molar-refractivity contribution in [1.29, 1.82) is 0 Å². The van der Waals surface area contributed by atoms with Gasteiger partial charge in [-0.1, -0.05) is 6.07 Å². The van der Waals surface area contributed by atoms with Crippen molar-refractivity contribution in [2.45, 2.75) is 12.5 Å². The van der Waals surface area contributed by atoms with Crippen LogP contribution >= 0.6 is 0 Å². The molecule has 19 heavy (non-hydrogen) atoms. The number of ether oxygens (including phenoxy) is 2. The smallest absolute Gasteiger partial charge is 0.131 e. The van der Waals surface area contributed by atoms with E-state index in [2.05, 4.69) is 5.32 Å². The lowest BCUT2D eigenvalue weighted by Gasteiger charge is -2.20. The normalized spacial score (nSPS) is 22.9. The van der Waals surface area contributed by atoms with Gasteiger partial charge in [0.15, 0.2) is 0 Å². The van der Waals surface area contributed by atoms with Crippen LogP contribution in [0.3, 0.4) is 0 Å². The highest BCUT2D eigenvalue weighted by molar-refractivity contribution is 5.22. The summed E-state index contributed by atoms with van der Waals surface area (Å²) in [4.78, 5) is 0. The lowest BCUT2D eigenvalue weighted by molar-refractivity contribution is 0.0867. The lowest BCUT2D eigenvalue weighted by Crippen LogP contribution is -2.28. The van der Waals surface area contributed by atoms with Crippen molar-refractivity contribution < 1.29 is 18.3 Å². The maximum atomic E-state index is 13.8. The molecule has 0 spiro atoms. The van der Waals surface area contributed by atoms with Gasteiger partial charge >= 0.3 is 0 Å². The third kappa shape index (κ3) is 3.72. The van der Waals surface area contributed by atoms with Gasteiger partial charge < -0.3 is 14.8 Å². The first kappa shape index (κ1) is 14.4. The van der Waals surface area contributed by atoms with Crippen LogP contribution < -0.4 is 5.32 Å². The molecule has 1 aliphatic heterocycles. The molecular formula is C14H19F2NO2. The second-order valence-corrected chi connectivity index (χ2v) is 4.70. The van der Waals surface area contributed by atoms with Gasteiger partial charge in [0.25, 0.3) is 0 Å². The van der Waals surface area contributed by atoms with E-state index in [9.17, 15) is 8.78 Å². The van der Waals surface area contributed by atoms with E-state index in [-0.39, 0.29) is 12.0 Å². The van der Waals surface area contributed by atoms with E-state index in [0.717, 1.165) is 25.6 Å². The molecule has 0 aromatic heterocycles. The van der Waals surface area contributed by atoms with E-state index >= 15 is 0 Å². The van der Waals surface area contributed by atoms with E-state index in [0.29, 0.717) is 18.8 Å². The summed E-state index contributed by atoms with van der Waals surface area (Å²) in [5.41, 5.74) is 0.442. The fourth-order valence-electron chi connectivity index (χ4n) is 2.38. The Morgan fingerprint density at radius 1 is 1.42 bits per heavy atom. The quantitative estimate of drug-likeness (QED) is 0.805. The Kier molecular flexibility index (Phi) is 5.24. The predicted molar refractivity (Wildman–Crippen MR) is 67.9 cm³/mol. The number of benzene rings is 1. The average Bonchev–Trinajstić information content (AvgIpc) is 2.83. The molecular weight excluding hydrogens is 252 g/mol. The topological polar surface area (TPSA) is 30.5 Å². The van der Waals surface area contributed by atoms with Crippen molar-refractivity contribution in [2.24, 2.45) is 5.92 Å². The molecule has 0 aliphatic carbocycles. The Morgan fingerprint density at radius 3 is 3.00 bits per heavy atom. The first-order valence-electron chi connectivity index (χ1n) is 6.48. The number of hydrogen-bond donors (Lipinski definition) is 1. The number of hydrogen-bond acceptors (Lipinski definition) is 3. The van der Waals surface area contributed by atoms with Crippen LogP contribution in [0.1, 0.15) is 18.1 Å². The van der Waals surface area contributed by atoms with Crippen molar-refractivity contribution in [1.82, 2.24) is 5.32 Å². The van der Waals surface area contributed by atoms with Crippen LogP contribution in [0.15, 0.2) is 18.2 Å². The molecule has 2 atom stereocenters. The zero-order valence-corrected chi connectivity index (χ0v) is 11.0. The zero-order valence-electron chi connectivity index (χ0n) is 11.0. The van der Waals surface area contributed by atoms with Gasteiger partial charge in [0.2, 0.25) is 0 Å². The predicted octanol–water partition coefficient (Wildman–Crippen LogP) is 2.28. The minimum Gasteiger partial charge on any atom is -0.383 e. The standard InChI is InChI=1S/C14H19F2NO2/c1-18-7-5-17-9-10-4-6-19-14(10)12-3-2-11(15)8-13(12)16/h2-3,8,10,14,17H,4-7,9H2,1H3. The summed E-state index contributed by atoms with van der Waals surface area (Å²) in [5, 5.41) is 3.26. The molecule has 0 radical (unpaired) electrons. The third-order valence-electron chi connectivity index (χ3n) is 3.37. The second-order valence-electron chi connectivity index (χ2n) is 4.70. The van der Waals surface area contributed by atoms with Gasteiger partial charge in [-0.05, 0) is 12.5 Å². The highest BCUT2D eigenvalue weighted by atomic mass is 19.1. The van der Waals surface area contributed by atoms with E-state index < -0.39 is 11.6 Å². The summed E-state index contributed by atoms with van der Waals surface area (Å²) in [6.07, 6.45) is 0.581. The molecule has 1 aliphatic rings. The Bertz CT molecular complexity index is 414. The van der Waals surface area contributed by atoms with E-state index in [1.54, 1.807) is 7.11 Å². The summed E-state index contributed by atoms with van der Waals surface area (Å²) in [6.45, 7) is 2.75. The van der Waals surface area contributed by atoms with Gasteiger partial charge in [-0.3, -0.25) is 0 Å². The molecule has 1 heterocycles. The van der Waals surface area contributed by atoms with Crippen molar-refractivity contribution in [3.63, 3.8) is 0 Å². The highest BCUT2D eigenvalue weighted by Gasteiger charge is 2.31. The van der Waals surface area contributed by atoms with Crippen LogP contribution in [0, 0.1) is 17.6 Å². The Labute approximate surface area is 111 Å². The van der Waals surface area contributed by atoms with E-state index in [4.69, 9.17) is 9.47 Å². The van der Waals surface area contributed by atoms with Crippen LogP contribution in [0.2, 0.25) is 0 Å². The molecule has 0 saturated carbocycles. The molecule has 0 amide bonds. The fourth-order valence-corrected chi connectivity index (χ4v) is 2.38. The molecule has 106 valence electrons. The van der Waals surface area contributed by atoms with E-state index in [1.165, 1.54) is 12.1 Å². The Balaban J connectivity index is 1.97. The van der Waals surface area contributed by atoms with Crippen molar-refractivity contribution in [3.8, 4) is 0 Å². The molecule has 0 bridgehead atoms. The number of halogens is 2. The summed E-state index contributed by atoms with van der Waals surface area (Å²) >= 11 is 0. The minimum atomic E-state index is -0.561. The first-order valence-corrected chi connectivity index (χ1v) is 6.48. The molecule has 3 nitrogen and oxygen atoms in total. The summed E-state index contributed by atoms with van der Waals surface area (Å²) in [6, 6.07) is 3.66. The van der Waals surface area contributed by atoms with Gasteiger partial charge in [-0.15, -0.1) is 0 Å². The summed E-state index contributed by atoms with van der Waals surface area (Å²) in [5.74, 6) is -0.889. The number of methoxy groups -OCH3 is 1. The monoisotopic (exact) mass is 271 g/mol. The number of rotatable bonds is 6. The third-order valence-corrected chi connectivity index (χ3v) is 3.37. The lowest BCUT2D eigenvalue weighted by atomic mass is 9.95.